The molecule has 10 rings (SSSR count). The van der Waals surface area contributed by atoms with Gasteiger partial charge in [0, 0.05) is 52.8 Å². The zero-order chi connectivity index (χ0) is 30.4. The topological polar surface area (TPSA) is 56.7 Å². The molecule has 0 saturated carbocycles. The molecule has 7 heteroatoms. The van der Waals surface area contributed by atoms with Crippen LogP contribution in [0.2, 0.25) is 5.02 Å². The molecule has 0 amide bonds. The van der Waals surface area contributed by atoms with Gasteiger partial charge in [-0.2, -0.15) is 9.97 Å². The van der Waals surface area contributed by atoms with E-state index in [-0.39, 0.29) is 0 Å². The molecule has 0 saturated heterocycles. The molecule has 0 bridgehead atoms. The molecule has 4 heterocycles. The van der Waals surface area contributed by atoms with Crippen molar-refractivity contribution >= 4 is 86.9 Å². The lowest BCUT2D eigenvalue weighted by molar-refractivity contribution is 0.669. The molecule has 5 nitrogen and oxygen atoms in total. The maximum Gasteiger partial charge on any atom is 0.238 e. The van der Waals surface area contributed by atoms with Crippen molar-refractivity contribution in [1.82, 2.24) is 19.5 Å². The molecule has 216 valence electrons. The quantitative estimate of drug-likeness (QED) is 0.195. The van der Waals surface area contributed by atoms with Gasteiger partial charge in [0.15, 0.2) is 11.6 Å². The average molecular weight is 629 g/mol. The van der Waals surface area contributed by atoms with Gasteiger partial charge < -0.3 is 4.42 Å². The Morgan fingerprint density at radius 2 is 1.20 bits per heavy atom. The second-order valence-corrected chi connectivity index (χ2v) is 12.8. The molecule has 0 aliphatic rings. The Balaban J connectivity index is 1.28. The summed E-state index contributed by atoms with van der Waals surface area (Å²) in [5.74, 6) is 1.60. The van der Waals surface area contributed by atoms with Crippen LogP contribution >= 0.6 is 22.9 Å². The van der Waals surface area contributed by atoms with E-state index in [4.69, 9.17) is 31.0 Å². The van der Waals surface area contributed by atoms with Gasteiger partial charge in [-0.25, -0.2) is 4.98 Å². The summed E-state index contributed by atoms with van der Waals surface area (Å²) in [6.45, 7) is 0. The Morgan fingerprint density at radius 3 is 2.00 bits per heavy atom. The third-order valence-electron chi connectivity index (χ3n) is 8.76. The molecular formula is C39H21ClN4OS. The van der Waals surface area contributed by atoms with Crippen LogP contribution in [0.4, 0.5) is 0 Å². The Hall–Kier alpha value is -5.56. The summed E-state index contributed by atoms with van der Waals surface area (Å²) in [6.07, 6.45) is 0. The molecule has 0 aliphatic carbocycles. The minimum atomic E-state index is 0.515. The Morgan fingerprint density at radius 1 is 0.543 bits per heavy atom. The highest BCUT2D eigenvalue weighted by Crippen LogP contribution is 2.42. The van der Waals surface area contributed by atoms with Gasteiger partial charge in [-0.15, -0.1) is 11.3 Å². The summed E-state index contributed by atoms with van der Waals surface area (Å²) < 4.78 is 10.6. The second-order valence-electron chi connectivity index (χ2n) is 11.4. The maximum atomic E-state index is 7.28. The highest BCUT2D eigenvalue weighted by molar-refractivity contribution is 7.26. The van der Waals surface area contributed by atoms with Gasteiger partial charge in [0.05, 0.1) is 16.1 Å². The number of hydrogen-bond donors (Lipinski definition) is 0. The molecule has 6 aromatic carbocycles. The normalized spacial score (nSPS) is 12.0. The van der Waals surface area contributed by atoms with E-state index in [2.05, 4.69) is 83.4 Å². The number of thiophene rings is 1. The second kappa shape index (κ2) is 9.72. The summed E-state index contributed by atoms with van der Waals surface area (Å²) in [6, 6.07) is 43.4. The predicted molar refractivity (Wildman–Crippen MR) is 190 cm³/mol. The van der Waals surface area contributed by atoms with Crippen LogP contribution in [0.5, 0.6) is 0 Å². The Labute approximate surface area is 271 Å². The number of para-hydroxylation sites is 3. The molecule has 0 fully saturated rings. The van der Waals surface area contributed by atoms with Crippen molar-refractivity contribution in [3.05, 3.63) is 132 Å². The molecule has 0 radical (unpaired) electrons. The minimum absolute atomic E-state index is 0.515. The third-order valence-corrected chi connectivity index (χ3v) is 10.3. The summed E-state index contributed by atoms with van der Waals surface area (Å²) in [7, 11) is 0. The van der Waals surface area contributed by atoms with Crippen LogP contribution in [0.3, 0.4) is 0 Å². The molecule has 46 heavy (non-hydrogen) atoms. The van der Waals surface area contributed by atoms with Crippen LogP contribution in [0, 0.1) is 0 Å². The number of rotatable bonds is 3. The van der Waals surface area contributed by atoms with E-state index in [9.17, 15) is 0 Å². The van der Waals surface area contributed by atoms with E-state index in [0.29, 0.717) is 22.6 Å². The molecule has 10 aromatic rings. The maximum absolute atomic E-state index is 7.28. The smallest absolute Gasteiger partial charge is 0.238 e. The fourth-order valence-corrected chi connectivity index (χ4v) is 8.19. The molecule has 0 unspecified atom stereocenters. The first-order chi connectivity index (χ1) is 22.7. The van der Waals surface area contributed by atoms with Gasteiger partial charge in [-0.3, -0.25) is 4.57 Å². The molecule has 0 N–H and O–H groups in total. The van der Waals surface area contributed by atoms with Crippen molar-refractivity contribution in [3.8, 4) is 28.7 Å². The molecule has 0 atom stereocenters. The third kappa shape index (κ3) is 3.71. The van der Waals surface area contributed by atoms with Gasteiger partial charge in [0.1, 0.15) is 11.2 Å². The lowest BCUT2D eigenvalue weighted by Crippen LogP contribution is -2.06. The fraction of sp³-hybridized carbons (Fsp3) is 0. The average Bonchev–Trinajstić information content (AvgIpc) is 3.78. The van der Waals surface area contributed by atoms with Crippen LogP contribution in [-0.2, 0) is 0 Å². The Kier molecular flexibility index (Phi) is 5.44. The molecule has 0 aliphatic heterocycles. The van der Waals surface area contributed by atoms with Gasteiger partial charge in [0.25, 0.3) is 0 Å². The van der Waals surface area contributed by atoms with Crippen molar-refractivity contribution in [2.75, 3.05) is 0 Å². The van der Waals surface area contributed by atoms with Gasteiger partial charge >= 0.3 is 0 Å². The minimum Gasteiger partial charge on any atom is -0.456 e. The van der Waals surface area contributed by atoms with Crippen LogP contribution in [0.15, 0.2) is 132 Å². The first-order valence-electron chi connectivity index (χ1n) is 15.0. The van der Waals surface area contributed by atoms with Gasteiger partial charge in [0.2, 0.25) is 5.95 Å². The summed E-state index contributed by atoms with van der Waals surface area (Å²) in [5.41, 5.74) is 5.34. The van der Waals surface area contributed by atoms with E-state index in [1.165, 1.54) is 4.70 Å². The molecule has 4 aromatic heterocycles. The van der Waals surface area contributed by atoms with Crippen molar-refractivity contribution in [1.29, 1.82) is 0 Å². The van der Waals surface area contributed by atoms with Gasteiger partial charge in [-0.1, -0.05) is 84.4 Å². The number of benzene rings is 6. The SMILES string of the molecule is Clc1c(-c2nc(-c3ccc4oc5ccccc5c4c3)nc(-n3c4ccccc4c4ccccc43)n2)ccc2sc3ccccc3c12. The number of hydrogen-bond acceptors (Lipinski definition) is 5. The van der Waals surface area contributed by atoms with E-state index in [0.717, 1.165) is 70.3 Å². The number of fused-ring (bicyclic) bond motifs is 9. The van der Waals surface area contributed by atoms with Crippen molar-refractivity contribution < 1.29 is 4.42 Å². The van der Waals surface area contributed by atoms with Crippen molar-refractivity contribution in [2.24, 2.45) is 0 Å². The first-order valence-corrected chi connectivity index (χ1v) is 16.2. The summed E-state index contributed by atoms with van der Waals surface area (Å²) in [4.78, 5) is 15.4. The van der Waals surface area contributed by atoms with Gasteiger partial charge in [-0.05, 0) is 54.6 Å². The standard InChI is InChI=1S/C39H21ClN4OS/c40-36-27(18-20-34-35(36)26-12-4-8-16-33(26)46-34)38-41-37(22-17-19-32-28(21-22)25-11-3-7-15-31(25)45-32)42-39(43-38)44-29-13-5-1-9-23(29)24-10-2-6-14-30(24)44/h1-21H. The van der Waals surface area contributed by atoms with E-state index in [1.54, 1.807) is 11.3 Å². The number of halogens is 1. The Bertz CT molecular complexity index is 2790. The van der Waals surface area contributed by atoms with Crippen LogP contribution in [-0.4, -0.2) is 19.5 Å². The number of nitrogens with zero attached hydrogens (tertiary/aromatic N) is 4. The zero-order valence-corrected chi connectivity index (χ0v) is 25.7. The monoisotopic (exact) mass is 628 g/mol. The highest BCUT2D eigenvalue weighted by atomic mass is 35.5. The van der Waals surface area contributed by atoms with Crippen molar-refractivity contribution in [3.63, 3.8) is 0 Å². The summed E-state index contributed by atoms with van der Waals surface area (Å²) >= 11 is 9.01. The summed E-state index contributed by atoms with van der Waals surface area (Å²) in [5, 5.41) is 7.12. The van der Waals surface area contributed by atoms with Crippen LogP contribution < -0.4 is 0 Å². The highest BCUT2D eigenvalue weighted by Gasteiger charge is 2.21. The van der Waals surface area contributed by atoms with E-state index >= 15 is 0 Å². The van der Waals surface area contributed by atoms with E-state index < -0.39 is 0 Å². The molecule has 0 spiro atoms. The van der Waals surface area contributed by atoms with Crippen LogP contribution in [0.1, 0.15) is 0 Å². The lowest BCUT2D eigenvalue weighted by Gasteiger charge is -2.12. The van der Waals surface area contributed by atoms with Crippen LogP contribution in [0.25, 0.3) is 92.6 Å². The molecular weight excluding hydrogens is 608 g/mol. The zero-order valence-electron chi connectivity index (χ0n) is 24.1. The predicted octanol–water partition coefficient (Wildman–Crippen LogP) is 11.2. The van der Waals surface area contributed by atoms with E-state index in [1.807, 2.05) is 48.5 Å². The number of furan rings is 1. The largest absolute Gasteiger partial charge is 0.456 e. The fourth-order valence-electron chi connectivity index (χ4n) is 6.67. The number of aromatic nitrogens is 4. The lowest BCUT2D eigenvalue weighted by atomic mass is 10.1. The van der Waals surface area contributed by atoms with Crippen molar-refractivity contribution in [2.45, 2.75) is 0 Å². The first kappa shape index (κ1) is 25.7.